The summed E-state index contributed by atoms with van der Waals surface area (Å²) >= 11 is 0. The van der Waals surface area contributed by atoms with E-state index in [0.717, 1.165) is 17.9 Å². The van der Waals surface area contributed by atoms with E-state index in [0.29, 0.717) is 37.1 Å². The Labute approximate surface area is 147 Å². The molecule has 1 aromatic carbocycles. The number of rotatable bonds is 9. The summed E-state index contributed by atoms with van der Waals surface area (Å²) in [5.41, 5.74) is 1.72. The topological polar surface area (TPSA) is 85.4 Å². The van der Waals surface area contributed by atoms with Crippen molar-refractivity contribution in [1.82, 2.24) is 9.97 Å². The zero-order chi connectivity index (χ0) is 18.1. The molecule has 0 unspecified atom stereocenters. The largest absolute Gasteiger partial charge is 0.494 e. The van der Waals surface area contributed by atoms with Crippen LogP contribution < -0.4 is 15.4 Å². The van der Waals surface area contributed by atoms with Gasteiger partial charge in [0, 0.05) is 31.6 Å². The Balaban J connectivity index is 2.01. The molecule has 0 fully saturated rings. The van der Waals surface area contributed by atoms with E-state index in [-0.39, 0.29) is 5.91 Å². The Bertz CT molecular complexity index is 689. The van der Waals surface area contributed by atoms with Gasteiger partial charge in [-0.05, 0) is 50.6 Å². The number of ether oxygens (including phenoxy) is 2. The van der Waals surface area contributed by atoms with Gasteiger partial charge in [-0.2, -0.15) is 0 Å². The monoisotopic (exact) mass is 344 g/mol. The average Bonchev–Trinajstić information content (AvgIpc) is 2.60. The molecule has 0 aliphatic rings. The molecule has 7 heteroatoms. The average molecular weight is 344 g/mol. The zero-order valence-electron chi connectivity index (χ0n) is 14.8. The van der Waals surface area contributed by atoms with Crippen molar-refractivity contribution in [3.05, 3.63) is 41.7 Å². The van der Waals surface area contributed by atoms with Gasteiger partial charge < -0.3 is 20.1 Å². The molecule has 25 heavy (non-hydrogen) atoms. The third-order valence-electron chi connectivity index (χ3n) is 3.32. The maximum Gasteiger partial charge on any atom is 0.274 e. The lowest BCUT2D eigenvalue weighted by molar-refractivity contribution is 0.102. The number of carbonyl (C=O) groups excluding carboxylic acids is 1. The van der Waals surface area contributed by atoms with Crippen LogP contribution in [0.4, 0.5) is 11.6 Å². The molecule has 0 atom stereocenters. The number of methoxy groups -OCH3 is 1. The number of carbonyl (C=O) groups is 1. The van der Waals surface area contributed by atoms with Crippen molar-refractivity contribution < 1.29 is 14.3 Å². The van der Waals surface area contributed by atoms with E-state index in [1.165, 1.54) is 0 Å². The van der Waals surface area contributed by atoms with Crippen LogP contribution in [0, 0.1) is 6.92 Å². The first-order chi connectivity index (χ1) is 12.1. The number of aromatic nitrogens is 2. The third kappa shape index (κ3) is 6.04. The van der Waals surface area contributed by atoms with Gasteiger partial charge in [0.1, 0.15) is 11.4 Å². The second kappa shape index (κ2) is 9.58. The lowest BCUT2D eigenvalue weighted by atomic mass is 10.2. The molecule has 2 rings (SSSR count). The van der Waals surface area contributed by atoms with Crippen LogP contribution in [0.1, 0.15) is 29.5 Å². The molecule has 0 aliphatic heterocycles. The molecule has 1 amide bonds. The summed E-state index contributed by atoms with van der Waals surface area (Å²) in [4.78, 5) is 21.0. The molecule has 0 aliphatic carbocycles. The second-order valence-electron chi connectivity index (χ2n) is 5.40. The van der Waals surface area contributed by atoms with E-state index in [9.17, 15) is 4.79 Å². The first-order valence-corrected chi connectivity index (χ1v) is 8.25. The van der Waals surface area contributed by atoms with Crippen LogP contribution >= 0.6 is 0 Å². The molecule has 134 valence electrons. The van der Waals surface area contributed by atoms with Crippen LogP contribution in [0.5, 0.6) is 5.75 Å². The van der Waals surface area contributed by atoms with Crippen LogP contribution in [0.15, 0.2) is 30.3 Å². The van der Waals surface area contributed by atoms with Crippen molar-refractivity contribution in [2.75, 3.05) is 37.5 Å². The fraction of sp³-hybridized carbons (Fsp3) is 0.389. The van der Waals surface area contributed by atoms with Crippen LogP contribution in [0.3, 0.4) is 0 Å². The van der Waals surface area contributed by atoms with Gasteiger partial charge in [-0.15, -0.1) is 0 Å². The molecule has 7 nitrogen and oxygen atoms in total. The van der Waals surface area contributed by atoms with E-state index < -0.39 is 0 Å². The molecule has 0 radical (unpaired) electrons. The first-order valence-electron chi connectivity index (χ1n) is 8.25. The van der Waals surface area contributed by atoms with E-state index in [4.69, 9.17) is 9.47 Å². The summed E-state index contributed by atoms with van der Waals surface area (Å²) in [5.74, 6) is 0.920. The van der Waals surface area contributed by atoms with Crippen LogP contribution in [-0.4, -0.2) is 42.7 Å². The molecular formula is C18H24N4O3. The lowest BCUT2D eigenvalue weighted by Gasteiger charge is -2.09. The van der Waals surface area contributed by atoms with Crippen molar-refractivity contribution in [3.8, 4) is 5.75 Å². The third-order valence-corrected chi connectivity index (χ3v) is 3.32. The van der Waals surface area contributed by atoms with Crippen LogP contribution in [0.25, 0.3) is 0 Å². The molecule has 2 N–H and O–H groups in total. The Morgan fingerprint density at radius 3 is 2.64 bits per heavy atom. The molecule has 0 saturated carbocycles. The second-order valence-corrected chi connectivity index (χ2v) is 5.40. The number of amides is 1. The summed E-state index contributed by atoms with van der Waals surface area (Å²) in [6.07, 6.45) is 0.835. The SMILES string of the molecule is CCOc1ccc(NC(=O)c2cc(C)nc(NCCCOC)n2)cc1. The number of anilines is 2. The zero-order valence-corrected chi connectivity index (χ0v) is 14.8. The van der Waals surface area contributed by atoms with E-state index in [1.807, 2.05) is 26.0 Å². The molecule has 2 aromatic rings. The predicted molar refractivity (Wildman–Crippen MR) is 97.3 cm³/mol. The summed E-state index contributed by atoms with van der Waals surface area (Å²) in [6, 6.07) is 8.87. The number of nitrogens with one attached hydrogen (secondary N) is 2. The summed E-state index contributed by atoms with van der Waals surface area (Å²) in [5, 5.41) is 5.93. The number of hydrogen-bond donors (Lipinski definition) is 2. The van der Waals surface area contributed by atoms with Gasteiger partial charge in [-0.3, -0.25) is 4.79 Å². The van der Waals surface area contributed by atoms with Gasteiger partial charge in [0.15, 0.2) is 0 Å². The number of nitrogens with zero attached hydrogens (tertiary/aromatic N) is 2. The van der Waals surface area contributed by atoms with Crippen molar-refractivity contribution in [3.63, 3.8) is 0 Å². The molecular weight excluding hydrogens is 320 g/mol. The van der Waals surface area contributed by atoms with Gasteiger partial charge >= 0.3 is 0 Å². The fourth-order valence-corrected chi connectivity index (χ4v) is 2.18. The quantitative estimate of drug-likeness (QED) is 0.680. The summed E-state index contributed by atoms with van der Waals surface area (Å²) in [6.45, 7) is 5.69. The minimum atomic E-state index is -0.283. The van der Waals surface area contributed by atoms with Crippen molar-refractivity contribution >= 4 is 17.5 Å². The summed E-state index contributed by atoms with van der Waals surface area (Å²) < 4.78 is 10.4. The highest BCUT2D eigenvalue weighted by Crippen LogP contribution is 2.16. The predicted octanol–water partition coefficient (Wildman–Crippen LogP) is 2.88. The standard InChI is InChI=1S/C18H24N4O3/c1-4-25-15-8-6-14(7-9-15)21-17(23)16-12-13(2)20-18(22-16)19-10-5-11-24-3/h6-9,12H,4-5,10-11H2,1-3H3,(H,21,23)(H,19,20,22). The fourth-order valence-electron chi connectivity index (χ4n) is 2.18. The smallest absolute Gasteiger partial charge is 0.274 e. The van der Waals surface area contributed by atoms with Gasteiger partial charge in [0.25, 0.3) is 5.91 Å². The Kier molecular flexibility index (Phi) is 7.16. The van der Waals surface area contributed by atoms with Gasteiger partial charge in [0.05, 0.1) is 6.61 Å². The number of aryl methyl sites for hydroxylation is 1. The summed E-state index contributed by atoms with van der Waals surface area (Å²) in [7, 11) is 1.66. The molecule has 0 saturated heterocycles. The van der Waals surface area contributed by atoms with Gasteiger partial charge in [-0.1, -0.05) is 0 Å². The molecule has 0 bridgehead atoms. The van der Waals surface area contributed by atoms with Gasteiger partial charge in [0.2, 0.25) is 5.95 Å². The number of hydrogen-bond acceptors (Lipinski definition) is 6. The van der Waals surface area contributed by atoms with Crippen molar-refractivity contribution in [1.29, 1.82) is 0 Å². The normalized spacial score (nSPS) is 10.4. The van der Waals surface area contributed by atoms with Crippen molar-refractivity contribution in [2.24, 2.45) is 0 Å². The minimum absolute atomic E-state index is 0.283. The van der Waals surface area contributed by atoms with Gasteiger partial charge in [-0.25, -0.2) is 9.97 Å². The highest BCUT2D eigenvalue weighted by atomic mass is 16.5. The Hall–Kier alpha value is -2.67. The molecule has 1 aromatic heterocycles. The highest BCUT2D eigenvalue weighted by Gasteiger charge is 2.11. The molecule has 1 heterocycles. The maximum atomic E-state index is 12.4. The van der Waals surface area contributed by atoms with E-state index in [2.05, 4.69) is 20.6 Å². The van der Waals surface area contributed by atoms with Crippen LogP contribution in [-0.2, 0) is 4.74 Å². The first kappa shape index (κ1) is 18.7. The van der Waals surface area contributed by atoms with E-state index >= 15 is 0 Å². The Morgan fingerprint density at radius 2 is 1.96 bits per heavy atom. The lowest BCUT2D eigenvalue weighted by Crippen LogP contribution is -2.16. The van der Waals surface area contributed by atoms with Crippen LogP contribution in [0.2, 0.25) is 0 Å². The van der Waals surface area contributed by atoms with Crippen molar-refractivity contribution in [2.45, 2.75) is 20.3 Å². The maximum absolute atomic E-state index is 12.4. The van der Waals surface area contributed by atoms with E-state index in [1.54, 1.807) is 25.3 Å². The number of benzene rings is 1. The minimum Gasteiger partial charge on any atom is -0.494 e. The highest BCUT2D eigenvalue weighted by molar-refractivity contribution is 6.03. The Morgan fingerprint density at radius 1 is 1.20 bits per heavy atom. The molecule has 0 spiro atoms.